The number of rotatable bonds is 3. The number of aryl methyl sites for hydroxylation is 1. The van der Waals surface area contributed by atoms with E-state index in [9.17, 15) is 4.79 Å². The highest BCUT2D eigenvalue weighted by atomic mass is 16.5. The largest absolute Gasteiger partial charge is 0.398 e. The van der Waals surface area contributed by atoms with Crippen molar-refractivity contribution in [1.29, 1.82) is 0 Å². The molecule has 1 amide bonds. The second-order valence-corrected chi connectivity index (χ2v) is 4.88. The summed E-state index contributed by atoms with van der Waals surface area (Å²) in [6.45, 7) is 6.41. The first-order chi connectivity index (χ1) is 9.08. The number of hydrogen-bond acceptors (Lipinski definition) is 4. The van der Waals surface area contributed by atoms with Crippen LogP contribution in [0, 0.1) is 6.92 Å². The zero-order valence-electron chi connectivity index (χ0n) is 11.5. The second-order valence-electron chi connectivity index (χ2n) is 4.88. The number of anilines is 2. The van der Waals surface area contributed by atoms with Gasteiger partial charge in [0, 0.05) is 24.5 Å². The summed E-state index contributed by atoms with van der Waals surface area (Å²) in [6, 6.07) is 5.48. The number of benzene rings is 1. The third-order valence-electron chi connectivity index (χ3n) is 3.36. The van der Waals surface area contributed by atoms with Crippen molar-refractivity contribution in [2.45, 2.75) is 19.9 Å². The van der Waals surface area contributed by atoms with Gasteiger partial charge < -0.3 is 20.7 Å². The van der Waals surface area contributed by atoms with Gasteiger partial charge in [-0.1, -0.05) is 6.07 Å². The van der Waals surface area contributed by atoms with E-state index in [0.717, 1.165) is 16.9 Å². The van der Waals surface area contributed by atoms with Crippen LogP contribution < -0.4 is 11.1 Å². The molecule has 1 fully saturated rings. The topological polar surface area (TPSA) is 67.6 Å². The number of carbonyl (C=O) groups excluding carboxylic acids is 1. The van der Waals surface area contributed by atoms with Gasteiger partial charge in [-0.15, -0.1) is 0 Å². The van der Waals surface area contributed by atoms with Gasteiger partial charge in [0.2, 0.25) is 5.91 Å². The average molecular weight is 263 g/mol. The van der Waals surface area contributed by atoms with E-state index in [1.807, 2.05) is 36.9 Å². The maximum Gasteiger partial charge on any atom is 0.244 e. The number of morpholine rings is 1. The predicted octanol–water partition coefficient (Wildman–Crippen LogP) is 1.24. The Morgan fingerprint density at radius 1 is 1.42 bits per heavy atom. The molecule has 0 saturated carbocycles. The van der Waals surface area contributed by atoms with Crippen molar-refractivity contribution in [2.24, 2.45) is 0 Å². The summed E-state index contributed by atoms with van der Waals surface area (Å²) in [5.41, 5.74) is 8.51. The Morgan fingerprint density at radius 2 is 2.11 bits per heavy atom. The van der Waals surface area contributed by atoms with E-state index in [4.69, 9.17) is 10.5 Å². The summed E-state index contributed by atoms with van der Waals surface area (Å²) in [5, 5.41) is 3.19. The third kappa shape index (κ3) is 3.38. The van der Waals surface area contributed by atoms with Crippen molar-refractivity contribution in [2.75, 3.05) is 37.4 Å². The Labute approximate surface area is 113 Å². The molecule has 0 radical (unpaired) electrons. The highest BCUT2D eigenvalue weighted by molar-refractivity contribution is 5.84. The molecule has 0 aliphatic carbocycles. The van der Waals surface area contributed by atoms with Gasteiger partial charge in [0.1, 0.15) is 6.04 Å². The first-order valence-electron chi connectivity index (χ1n) is 6.57. The van der Waals surface area contributed by atoms with Crippen LogP contribution in [-0.4, -0.2) is 43.2 Å². The molecule has 1 saturated heterocycles. The number of carbonyl (C=O) groups is 1. The van der Waals surface area contributed by atoms with Crippen LogP contribution in [0.5, 0.6) is 0 Å². The molecule has 1 aromatic rings. The smallest absolute Gasteiger partial charge is 0.244 e. The second kappa shape index (κ2) is 5.93. The molecule has 1 heterocycles. The van der Waals surface area contributed by atoms with Crippen LogP contribution in [0.3, 0.4) is 0 Å². The van der Waals surface area contributed by atoms with Crippen LogP contribution in [0.25, 0.3) is 0 Å². The van der Waals surface area contributed by atoms with Gasteiger partial charge in [0.15, 0.2) is 0 Å². The SMILES string of the molecule is Cc1ccc(NC(C)C(=O)N2CCOCC2)cc1N. The van der Waals surface area contributed by atoms with Crippen LogP contribution >= 0.6 is 0 Å². The minimum Gasteiger partial charge on any atom is -0.398 e. The summed E-state index contributed by atoms with van der Waals surface area (Å²) in [6.07, 6.45) is 0. The third-order valence-corrected chi connectivity index (χ3v) is 3.36. The molecule has 0 spiro atoms. The van der Waals surface area contributed by atoms with E-state index in [1.54, 1.807) is 0 Å². The van der Waals surface area contributed by atoms with Crippen LogP contribution in [-0.2, 0) is 9.53 Å². The Kier molecular flexibility index (Phi) is 4.27. The van der Waals surface area contributed by atoms with Crippen molar-refractivity contribution in [3.8, 4) is 0 Å². The quantitative estimate of drug-likeness (QED) is 0.805. The van der Waals surface area contributed by atoms with E-state index < -0.39 is 0 Å². The van der Waals surface area contributed by atoms with Gasteiger partial charge in [-0.05, 0) is 31.5 Å². The maximum absolute atomic E-state index is 12.2. The molecule has 1 atom stereocenters. The van der Waals surface area contributed by atoms with Crippen molar-refractivity contribution in [3.05, 3.63) is 23.8 Å². The van der Waals surface area contributed by atoms with Gasteiger partial charge in [-0.2, -0.15) is 0 Å². The molecule has 1 aliphatic rings. The fourth-order valence-corrected chi connectivity index (χ4v) is 2.10. The Morgan fingerprint density at radius 3 is 2.74 bits per heavy atom. The number of nitrogen functional groups attached to an aromatic ring is 1. The number of amides is 1. The normalized spacial score (nSPS) is 17.1. The zero-order chi connectivity index (χ0) is 13.8. The predicted molar refractivity (Wildman–Crippen MR) is 76.1 cm³/mol. The molecule has 19 heavy (non-hydrogen) atoms. The Bertz CT molecular complexity index is 456. The zero-order valence-corrected chi connectivity index (χ0v) is 11.5. The lowest BCUT2D eigenvalue weighted by atomic mass is 10.1. The van der Waals surface area contributed by atoms with Crippen molar-refractivity contribution < 1.29 is 9.53 Å². The molecule has 0 bridgehead atoms. The lowest BCUT2D eigenvalue weighted by Crippen LogP contribution is -2.47. The number of nitrogens with zero attached hydrogens (tertiary/aromatic N) is 1. The molecule has 5 heteroatoms. The fraction of sp³-hybridized carbons (Fsp3) is 0.500. The molecule has 3 N–H and O–H groups in total. The lowest BCUT2D eigenvalue weighted by Gasteiger charge is -2.29. The minimum absolute atomic E-state index is 0.0995. The highest BCUT2D eigenvalue weighted by Gasteiger charge is 2.22. The first kappa shape index (κ1) is 13.7. The fourth-order valence-electron chi connectivity index (χ4n) is 2.10. The van der Waals surface area contributed by atoms with E-state index in [2.05, 4.69) is 5.32 Å². The molecule has 0 aromatic heterocycles. The average Bonchev–Trinajstić information content (AvgIpc) is 2.43. The van der Waals surface area contributed by atoms with Gasteiger partial charge in [-0.25, -0.2) is 0 Å². The van der Waals surface area contributed by atoms with E-state index >= 15 is 0 Å². The Balaban J connectivity index is 1.97. The number of hydrogen-bond donors (Lipinski definition) is 2. The maximum atomic E-state index is 12.2. The molecule has 104 valence electrons. The first-order valence-corrected chi connectivity index (χ1v) is 6.57. The van der Waals surface area contributed by atoms with Crippen molar-refractivity contribution in [3.63, 3.8) is 0 Å². The number of nitrogens with two attached hydrogens (primary N) is 1. The van der Waals surface area contributed by atoms with Gasteiger partial charge >= 0.3 is 0 Å². The van der Waals surface area contributed by atoms with Gasteiger partial charge in [-0.3, -0.25) is 4.79 Å². The van der Waals surface area contributed by atoms with E-state index in [1.165, 1.54) is 0 Å². The standard InChI is InChI=1S/C14H21N3O2/c1-10-3-4-12(9-13(10)15)16-11(2)14(18)17-5-7-19-8-6-17/h3-4,9,11,16H,5-8,15H2,1-2H3. The van der Waals surface area contributed by atoms with Crippen LogP contribution in [0.1, 0.15) is 12.5 Å². The highest BCUT2D eigenvalue weighted by Crippen LogP contribution is 2.18. The Hall–Kier alpha value is -1.75. The van der Waals surface area contributed by atoms with Crippen LogP contribution in [0.2, 0.25) is 0 Å². The number of nitrogens with one attached hydrogen (secondary N) is 1. The molecule has 1 aliphatic heterocycles. The van der Waals surface area contributed by atoms with Crippen LogP contribution in [0.15, 0.2) is 18.2 Å². The van der Waals surface area contributed by atoms with Crippen molar-refractivity contribution in [1.82, 2.24) is 4.90 Å². The van der Waals surface area contributed by atoms with E-state index in [0.29, 0.717) is 26.3 Å². The number of ether oxygens (including phenoxy) is 1. The summed E-state index contributed by atoms with van der Waals surface area (Å²) < 4.78 is 5.25. The monoisotopic (exact) mass is 263 g/mol. The molecule has 1 unspecified atom stereocenters. The van der Waals surface area contributed by atoms with Gasteiger partial charge in [0.25, 0.3) is 0 Å². The van der Waals surface area contributed by atoms with Crippen molar-refractivity contribution >= 4 is 17.3 Å². The summed E-state index contributed by atoms with van der Waals surface area (Å²) in [7, 11) is 0. The molecule has 2 rings (SSSR count). The molecular formula is C14H21N3O2. The summed E-state index contributed by atoms with van der Waals surface area (Å²) >= 11 is 0. The van der Waals surface area contributed by atoms with Crippen LogP contribution in [0.4, 0.5) is 11.4 Å². The lowest BCUT2D eigenvalue weighted by molar-refractivity contribution is -0.135. The summed E-state index contributed by atoms with van der Waals surface area (Å²) in [5.74, 6) is 0.0995. The van der Waals surface area contributed by atoms with E-state index in [-0.39, 0.29) is 11.9 Å². The molecule has 5 nitrogen and oxygen atoms in total. The minimum atomic E-state index is -0.264. The molecular weight excluding hydrogens is 242 g/mol. The molecule has 1 aromatic carbocycles. The summed E-state index contributed by atoms with van der Waals surface area (Å²) in [4.78, 5) is 14.1. The van der Waals surface area contributed by atoms with Gasteiger partial charge in [0.05, 0.1) is 13.2 Å².